The first-order valence-corrected chi connectivity index (χ1v) is 20.0. The molecule has 0 spiro atoms. The van der Waals surface area contributed by atoms with Gasteiger partial charge in [0.2, 0.25) is 23.7 Å². The Labute approximate surface area is 350 Å². The highest BCUT2D eigenvalue weighted by atomic mass is 35.5. The Bertz CT molecular complexity index is 2280. The minimum Gasteiger partial charge on any atom is -0.368 e. The van der Waals surface area contributed by atoms with Crippen molar-refractivity contribution in [3.8, 4) is 0 Å². The van der Waals surface area contributed by atoms with E-state index in [1.165, 1.54) is 11.1 Å². The first-order valence-electron chi connectivity index (χ1n) is 19.6. The van der Waals surface area contributed by atoms with Crippen molar-refractivity contribution in [3.63, 3.8) is 0 Å². The summed E-state index contributed by atoms with van der Waals surface area (Å²) in [5.74, 6) is -0.961. The molecule has 4 heterocycles. The Kier molecular flexibility index (Phi) is 13.0. The lowest BCUT2D eigenvalue weighted by atomic mass is 10.0. The van der Waals surface area contributed by atoms with E-state index in [1.54, 1.807) is 48.3 Å². The first-order chi connectivity index (χ1) is 29.1. The van der Waals surface area contributed by atoms with Gasteiger partial charge in [-0.1, -0.05) is 29.8 Å². The molecule has 2 saturated heterocycles. The van der Waals surface area contributed by atoms with E-state index in [9.17, 15) is 28.8 Å². The number of nitrogens with one attached hydrogen (secondary N) is 7. The number of carbonyl (C=O) groups excluding carboxylic acids is 6. The number of hydrogen-bond acceptors (Lipinski definition) is 12. The number of piperazine rings is 1. The van der Waals surface area contributed by atoms with Crippen LogP contribution < -0.4 is 42.1 Å². The number of aromatic nitrogens is 2. The number of carbonyl (C=O) groups is 6. The number of hydrogen-bond donors (Lipinski definition) is 7. The summed E-state index contributed by atoms with van der Waals surface area (Å²) in [6.07, 6.45) is 2.08. The average Bonchev–Trinajstić information content (AvgIpc) is 3.59. The summed E-state index contributed by atoms with van der Waals surface area (Å²) in [5.41, 5.74) is 4.36. The Morgan fingerprint density at radius 3 is 2.42 bits per heavy atom. The van der Waals surface area contributed by atoms with Crippen LogP contribution in [-0.4, -0.2) is 114 Å². The van der Waals surface area contributed by atoms with E-state index in [0.717, 1.165) is 11.4 Å². The van der Waals surface area contributed by atoms with Crippen molar-refractivity contribution < 1.29 is 28.8 Å². The number of anilines is 6. The van der Waals surface area contributed by atoms with Crippen LogP contribution in [0.2, 0.25) is 5.02 Å². The zero-order chi connectivity index (χ0) is 42.2. The van der Waals surface area contributed by atoms with Crippen LogP contribution in [0.3, 0.4) is 0 Å². The summed E-state index contributed by atoms with van der Waals surface area (Å²) in [6.45, 7) is 3.83. The van der Waals surface area contributed by atoms with Gasteiger partial charge in [0.15, 0.2) is 5.82 Å². The smallest absolute Gasteiger partial charge is 0.317 e. The number of halogens is 1. The molecule has 312 valence electrons. The molecule has 4 aromatic rings. The molecule has 0 aliphatic carbocycles. The van der Waals surface area contributed by atoms with Gasteiger partial charge in [0, 0.05) is 100 Å². The fourth-order valence-corrected chi connectivity index (χ4v) is 7.37. The van der Waals surface area contributed by atoms with E-state index in [-0.39, 0.29) is 55.5 Å². The van der Waals surface area contributed by atoms with Crippen LogP contribution in [0.1, 0.15) is 45.5 Å². The highest BCUT2D eigenvalue weighted by Crippen LogP contribution is 2.33. The second-order valence-corrected chi connectivity index (χ2v) is 14.7. The van der Waals surface area contributed by atoms with E-state index in [1.807, 2.05) is 30.3 Å². The third-order valence-corrected chi connectivity index (χ3v) is 10.7. The molecule has 7 N–H and O–H groups in total. The summed E-state index contributed by atoms with van der Waals surface area (Å²) < 4.78 is 0. The van der Waals surface area contributed by atoms with Gasteiger partial charge in [-0.2, -0.15) is 4.98 Å². The highest BCUT2D eigenvalue weighted by molar-refractivity contribution is 6.33. The van der Waals surface area contributed by atoms with Crippen LogP contribution in [0.4, 0.5) is 39.3 Å². The van der Waals surface area contributed by atoms with Gasteiger partial charge in [0.1, 0.15) is 11.1 Å². The van der Waals surface area contributed by atoms with Gasteiger partial charge in [-0.05, 0) is 55.0 Å². The van der Waals surface area contributed by atoms with Crippen molar-refractivity contribution in [1.29, 1.82) is 0 Å². The van der Waals surface area contributed by atoms with E-state index >= 15 is 0 Å². The molecule has 1 atom stereocenters. The van der Waals surface area contributed by atoms with E-state index < -0.39 is 11.9 Å². The molecule has 3 aliphatic heterocycles. The Morgan fingerprint density at radius 2 is 1.65 bits per heavy atom. The zero-order valence-electron chi connectivity index (χ0n) is 32.8. The van der Waals surface area contributed by atoms with Crippen LogP contribution >= 0.6 is 11.6 Å². The fourth-order valence-electron chi connectivity index (χ4n) is 7.23. The van der Waals surface area contributed by atoms with Crippen LogP contribution in [0.25, 0.3) is 0 Å². The molecule has 7 rings (SSSR count). The molecule has 1 aromatic heterocycles. The van der Waals surface area contributed by atoms with Crippen LogP contribution in [-0.2, 0) is 20.9 Å². The van der Waals surface area contributed by atoms with Gasteiger partial charge in [-0.3, -0.25) is 29.3 Å². The number of benzene rings is 3. The molecule has 19 heteroatoms. The first kappa shape index (κ1) is 41.4. The number of nitrogens with zero attached hydrogens (tertiary/aromatic N) is 5. The van der Waals surface area contributed by atoms with Gasteiger partial charge in [0.25, 0.3) is 11.8 Å². The maximum atomic E-state index is 13.1. The SMILES string of the molecule is CNC(=O)c1ccccc1Nc1nc(Nc2ccc(N3CCN(C(=O)NCCNCCC(=O)Nc4cccc5c4CN(C4CCC(=O)NC4=O)C5=O)CC3)cc2)ncc1Cl. The Hall–Kier alpha value is -6.79. The summed E-state index contributed by atoms with van der Waals surface area (Å²) in [7, 11) is 1.56. The minimum absolute atomic E-state index is 0.151. The largest absolute Gasteiger partial charge is 0.368 e. The molecule has 3 aliphatic rings. The lowest BCUT2D eigenvalue weighted by Crippen LogP contribution is -2.52. The maximum Gasteiger partial charge on any atom is 0.317 e. The van der Waals surface area contributed by atoms with E-state index in [2.05, 4.69) is 52.1 Å². The van der Waals surface area contributed by atoms with Crippen molar-refractivity contribution in [1.82, 2.24) is 41.0 Å². The van der Waals surface area contributed by atoms with Crippen LogP contribution in [0.5, 0.6) is 0 Å². The monoisotopic (exact) mass is 836 g/mol. The maximum absolute atomic E-state index is 13.1. The minimum atomic E-state index is -0.735. The third-order valence-electron chi connectivity index (χ3n) is 10.4. The number of rotatable bonds is 14. The van der Waals surface area contributed by atoms with Crippen molar-refractivity contribution in [3.05, 3.63) is 94.6 Å². The van der Waals surface area contributed by atoms with Crippen molar-refractivity contribution >= 4 is 81.7 Å². The molecular formula is C41H45ClN12O6. The summed E-state index contributed by atoms with van der Waals surface area (Å²) in [4.78, 5) is 89.3. The van der Waals surface area contributed by atoms with E-state index in [0.29, 0.717) is 90.7 Å². The standard InChI is InChI=1S/C41H45ClN12O6/c1-43-37(57)28-5-2-3-7-31(28)49-36-30(42)23-46-40(51-36)47-25-9-11-26(12-10-25)52-19-21-53(22-20-52)41(60)45-18-17-44-16-15-35(56)48-32-8-4-6-27-29(32)24-54(39(27)59)33-13-14-34(55)50-38(33)58/h2-12,23,33,44H,13-22,24H2,1H3,(H,43,57)(H,45,60)(H,48,56)(H,50,55,58)(H2,46,47,49,51). The number of urea groups is 1. The number of para-hydroxylation sites is 1. The lowest BCUT2D eigenvalue weighted by Gasteiger charge is -2.36. The number of amides is 7. The summed E-state index contributed by atoms with van der Waals surface area (Å²) in [6, 6.07) is 19.1. The molecule has 18 nitrogen and oxygen atoms in total. The molecule has 0 bridgehead atoms. The average molecular weight is 837 g/mol. The molecule has 0 saturated carbocycles. The van der Waals surface area contributed by atoms with Crippen LogP contribution in [0.15, 0.2) is 72.9 Å². The highest BCUT2D eigenvalue weighted by Gasteiger charge is 2.40. The van der Waals surface area contributed by atoms with Crippen molar-refractivity contribution in [2.45, 2.75) is 31.8 Å². The fraction of sp³-hybridized carbons (Fsp3) is 0.317. The van der Waals surface area contributed by atoms with Crippen molar-refractivity contribution in [2.24, 2.45) is 0 Å². The van der Waals surface area contributed by atoms with Gasteiger partial charge in [0.05, 0.1) is 17.4 Å². The van der Waals surface area contributed by atoms with E-state index in [4.69, 9.17) is 11.6 Å². The molecular weight excluding hydrogens is 792 g/mol. The predicted molar refractivity (Wildman–Crippen MR) is 226 cm³/mol. The Balaban J connectivity index is 0.797. The van der Waals surface area contributed by atoms with Crippen molar-refractivity contribution in [2.75, 3.05) is 73.7 Å². The summed E-state index contributed by atoms with van der Waals surface area (Å²) >= 11 is 6.38. The number of piperidine rings is 1. The molecule has 1 unspecified atom stereocenters. The van der Waals surface area contributed by atoms with Gasteiger partial charge >= 0.3 is 6.03 Å². The lowest BCUT2D eigenvalue weighted by molar-refractivity contribution is -0.137. The molecule has 7 amide bonds. The second-order valence-electron chi connectivity index (χ2n) is 14.3. The third kappa shape index (κ3) is 9.73. The second kappa shape index (κ2) is 18.9. The number of fused-ring (bicyclic) bond motifs is 1. The topological polar surface area (TPSA) is 222 Å². The van der Waals surface area contributed by atoms with Gasteiger partial charge in [-0.15, -0.1) is 0 Å². The van der Waals surface area contributed by atoms with Crippen LogP contribution in [0, 0.1) is 0 Å². The van der Waals surface area contributed by atoms with Gasteiger partial charge in [-0.25, -0.2) is 9.78 Å². The van der Waals surface area contributed by atoms with Gasteiger partial charge < -0.3 is 46.6 Å². The molecule has 3 aromatic carbocycles. The molecule has 60 heavy (non-hydrogen) atoms. The Morgan fingerprint density at radius 1 is 0.883 bits per heavy atom. The summed E-state index contributed by atoms with van der Waals surface area (Å²) in [5, 5.41) is 20.5. The molecule has 2 fully saturated rings. The quantitative estimate of drug-likeness (QED) is 0.0719. The zero-order valence-corrected chi connectivity index (χ0v) is 33.6. The predicted octanol–water partition coefficient (Wildman–Crippen LogP) is 3.19. The molecule has 0 radical (unpaired) electrons. The number of imide groups is 1. The normalized spacial score (nSPS) is 16.2.